The maximum absolute atomic E-state index is 13.4. The largest absolute Gasteiger partial charge is 0.493 e. The highest BCUT2D eigenvalue weighted by atomic mass is 19.4. The van der Waals surface area contributed by atoms with Gasteiger partial charge in [-0.3, -0.25) is 9.59 Å². The summed E-state index contributed by atoms with van der Waals surface area (Å²) in [6, 6.07) is 56.3. The molecule has 1 aliphatic rings. The molecule has 0 bridgehead atoms. The molecule has 13 rings (SSSR count). The van der Waals surface area contributed by atoms with Crippen LogP contribution >= 0.6 is 0 Å². The van der Waals surface area contributed by atoms with Crippen LogP contribution in [0.2, 0.25) is 0 Å². The fourth-order valence-corrected chi connectivity index (χ4v) is 11.6. The van der Waals surface area contributed by atoms with Gasteiger partial charge < -0.3 is 18.6 Å². The number of benzene rings is 6. The Kier molecular flexibility index (Phi) is 22.5. The number of ether oxygens (including phenoxy) is 3. The number of alkyl halides is 3. The molecule has 0 spiro atoms. The lowest BCUT2D eigenvalue weighted by Gasteiger charge is -2.13. The predicted molar refractivity (Wildman–Crippen MR) is 368 cm³/mol. The monoisotopic (exact) mass is 1330 g/mol. The van der Waals surface area contributed by atoms with E-state index < -0.39 is 29.3 Å². The Morgan fingerprint density at radius 1 is 0.500 bits per heavy atom. The molecule has 498 valence electrons. The second-order valence-corrected chi connectivity index (χ2v) is 23.5. The van der Waals surface area contributed by atoms with Crippen LogP contribution in [-0.2, 0) is 46.2 Å². The zero-order chi connectivity index (χ0) is 70.7. The van der Waals surface area contributed by atoms with Crippen LogP contribution in [0.5, 0.6) is 11.7 Å². The molecule has 0 amide bonds. The van der Waals surface area contributed by atoms with E-state index in [1.807, 2.05) is 119 Å². The fraction of sp³-hybridized carbons (Fsp3) is 0.185. The summed E-state index contributed by atoms with van der Waals surface area (Å²) in [5.74, 6) is 0.355. The van der Waals surface area contributed by atoms with Crippen molar-refractivity contribution in [2.24, 2.45) is 35.2 Å². The average Bonchev–Trinajstić information content (AvgIpc) is 0.970. The van der Waals surface area contributed by atoms with E-state index in [4.69, 9.17) is 13.9 Å². The summed E-state index contributed by atoms with van der Waals surface area (Å²) in [5, 5.41) is 3.85. The minimum atomic E-state index is -4.39. The normalized spacial score (nSPS) is 11.4. The van der Waals surface area contributed by atoms with Crippen molar-refractivity contribution in [1.29, 1.82) is 0 Å². The second-order valence-electron chi connectivity index (χ2n) is 23.5. The molecule has 6 aromatic heterocycles. The number of pyridine rings is 5. The van der Waals surface area contributed by atoms with E-state index in [0.29, 0.717) is 51.6 Å². The third-order valence-electron chi connectivity index (χ3n) is 17.0. The number of para-hydroxylation sites is 1. The molecule has 0 aliphatic heterocycles. The van der Waals surface area contributed by atoms with Gasteiger partial charge >= 0.3 is 12.1 Å². The predicted octanol–water partition coefficient (Wildman–Crippen LogP) is 15.8. The molecule has 0 N–H and O–H groups in total. The second kappa shape index (κ2) is 31.0. The lowest BCUT2D eigenvalue weighted by atomic mass is 9.89. The number of carbonyl (C=O) groups is 3. The first kappa shape index (κ1) is 71.0. The zero-order valence-corrected chi connectivity index (χ0v) is 57.0. The quantitative estimate of drug-likeness (QED) is 0.0804. The molecular formula is C81H77F5N5O7+5. The first-order valence-corrected chi connectivity index (χ1v) is 31.5. The van der Waals surface area contributed by atoms with Gasteiger partial charge in [0.1, 0.15) is 58.2 Å². The lowest BCUT2D eigenvalue weighted by Crippen LogP contribution is -2.32. The number of allylic oxidation sites excluding steroid dienone is 2. The van der Waals surface area contributed by atoms with Gasteiger partial charge in [-0.15, -0.1) is 0 Å². The molecule has 6 aromatic carbocycles. The van der Waals surface area contributed by atoms with Crippen molar-refractivity contribution in [3.8, 4) is 68.2 Å². The topological polar surface area (TPSA) is 111 Å². The van der Waals surface area contributed by atoms with E-state index in [9.17, 15) is 36.3 Å². The minimum Gasteiger partial charge on any atom is -0.493 e. The molecule has 17 heteroatoms. The SMILES string of the molecule is CCOc1cc[n+](C)c(-c2cc3c(cc2C)C(=O)C=CC3=O)c1.COC(=O)c1ccc(C)c(-c2ccc(C(F)(F)F)c[n+]2C)c1.COc1cc(C)c(-c2ccc3ccccc3[n+]2C)o1.Cc1c(-c2cccc[n+]2C)ccc2ccccc12.Cc1c(F)cc(F)cc1-c1cccc[n+]1C. The summed E-state index contributed by atoms with van der Waals surface area (Å²) in [5.41, 5.74) is 14.5. The van der Waals surface area contributed by atoms with Crippen LogP contribution in [0.25, 0.3) is 78.2 Å². The van der Waals surface area contributed by atoms with Gasteiger partial charge in [-0.2, -0.15) is 17.7 Å². The number of aromatic nitrogens is 5. The van der Waals surface area contributed by atoms with Crippen molar-refractivity contribution in [2.45, 2.75) is 47.7 Å². The number of rotatable bonds is 9. The Labute approximate surface area is 567 Å². The van der Waals surface area contributed by atoms with E-state index in [2.05, 4.69) is 113 Å². The van der Waals surface area contributed by atoms with Crippen molar-refractivity contribution in [3.05, 3.63) is 281 Å². The van der Waals surface area contributed by atoms with Gasteiger partial charge in [0.2, 0.25) is 39.7 Å². The van der Waals surface area contributed by atoms with Crippen LogP contribution in [0.3, 0.4) is 0 Å². The number of furan rings is 1. The summed E-state index contributed by atoms with van der Waals surface area (Å²) in [4.78, 5) is 35.7. The molecular weight excluding hydrogens is 1250 g/mol. The highest BCUT2D eigenvalue weighted by Crippen LogP contribution is 2.34. The number of hydrogen-bond donors (Lipinski definition) is 0. The first-order valence-electron chi connectivity index (χ1n) is 31.5. The van der Waals surface area contributed by atoms with Gasteiger partial charge in [-0.25, -0.2) is 31.8 Å². The molecule has 12 nitrogen and oxygen atoms in total. The highest BCUT2D eigenvalue weighted by molar-refractivity contribution is 6.22. The molecule has 1 aliphatic carbocycles. The van der Waals surface area contributed by atoms with Crippen molar-refractivity contribution in [2.75, 3.05) is 20.8 Å². The number of esters is 1. The number of fused-ring (bicyclic) bond motifs is 3. The Hall–Kier alpha value is -11.3. The van der Waals surface area contributed by atoms with E-state index >= 15 is 0 Å². The number of aryl methyl sites for hydroxylation is 9. The molecule has 0 unspecified atom stereocenters. The number of ketones is 2. The van der Waals surface area contributed by atoms with Crippen LogP contribution < -0.4 is 32.3 Å². The van der Waals surface area contributed by atoms with Crippen molar-refractivity contribution in [3.63, 3.8) is 0 Å². The van der Waals surface area contributed by atoms with E-state index in [0.717, 1.165) is 69.2 Å². The number of methoxy groups -OCH3 is 2. The van der Waals surface area contributed by atoms with Crippen molar-refractivity contribution in [1.82, 2.24) is 0 Å². The minimum absolute atomic E-state index is 0.123. The maximum atomic E-state index is 13.4. The summed E-state index contributed by atoms with van der Waals surface area (Å²) in [6.45, 7) is 12.2. The van der Waals surface area contributed by atoms with Crippen LogP contribution in [-0.4, -0.2) is 38.4 Å². The van der Waals surface area contributed by atoms with Gasteiger partial charge in [0, 0.05) is 99.4 Å². The van der Waals surface area contributed by atoms with Crippen LogP contribution in [0.1, 0.15) is 71.4 Å². The maximum Gasteiger partial charge on any atom is 0.422 e. The summed E-state index contributed by atoms with van der Waals surface area (Å²) in [6.07, 6.45) is 5.16. The van der Waals surface area contributed by atoms with Gasteiger partial charge in [-0.1, -0.05) is 48.5 Å². The average molecular weight is 1330 g/mol. The molecule has 0 fully saturated rings. The Balaban J connectivity index is 0.000000144. The molecule has 0 saturated heterocycles. The molecule has 6 heterocycles. The molecule has 0 radical (unpaired) electrons. The van der Waals surface area contributed by atoms with Crippen LogP contribution in [0.15, 0.2) is 223 Å². The van der Waals surface area contributed by atoms with Gasteiger partial charge in [0.25, 0.3) is 5.95 Å². The smallest absolute Gasteiger partial charge is 0.422 e. The standard InChI is InChI=1S/C19H18NO3.C17H16N.C16H15F3NO2.C16H16NO2.C13H12F2N/c1-4-23-13-7-8-20(3)17(10-13)14-11-16-15(9-12(14)2)18(21)5-6-19(16)22;1-13-15-8-4-3-7-14(15)10-11-16(13)17-9-5-6-12-18(17)2;1-10-4-5-11(15(21)22-3)8-13(10)14-7-6-12(9-20(14)2)16(17,18)19;1-11-10-15(18-3)19-16(11)14-9-8-12-6-4-5-7-13(12)17(14)2;1-9-11(7-10(14)8-12(9)15)13-5-3-4-6-16(13)2/h5-11H,4H2,1-3H3;3-12H,1-2H3;4-9H,1-3H3;4-10H,1-3H3;3-8H,1-2H3/q5*+1. The van der Waals surface area contributed by atoms with E-state index in [1.54, 1.807) is 44.4 Å². The number of hydrogen-bond acceptors (Lipinski definition) is 7. The zero-order valence-electron chi connectivity index (χ0n) is 57.0. The number of nitrogens with zero attached hydrogens (tertiary/aromatic N) is 5. The van der Waals surface area contributed by atoms with Gasteiger partial charge in [-0.05, 0) is 153 Å². The van der Waals surface area contributed by atoms with Gasteiger partial charge in [0.15, 0.2) is 36.4 Å². The molecule has 0 saturated carbocycles. The van der Waals surface area contributed by atoms with Gasteiger partial charge in [0.05, 0.1) is 38.0 Å². The summed E-state index contributed by atoms with van der Waals surface area (Å²) in [7, 11) is 12.3. The van der Waals surface area contributed by atoms with Crippen LogP contribution in [0.4, 0.5) is 22.0 Å². The Bertz CT molecular complexity index is 5020. The summed E-state index contributed by atoms with van der Waals surface area (Å²) >= 11 is 0. The van der Waals surface area contributed by atoms with E-state index in [1.165, 1.54) is 81.5 Å². The third kappa shape index (κ3) is 16.1. The molecule has 98 heavy (non-hydrogen) atoms. The number of carbonyl (C=O) groups excluding carboxylic acids is 3. The summed E-state index contributed by atoms with van der Waals surface area (Å²) < 4.78 is 95.4. The lowest BCUT2D eigenvalue weighted by molar-refractivity contribution is -0.661. The Morgan fingerprint density at radius 2 is 1.09 bits per heavy atom. The van der Waals surface area contributed by atoms with E-state index in [-0.39, 0.29) is 11.6 Å². The number of halogens is 5. The Morgan fingerprint density at radius 3 is 1.72 bits per heavy atom. The third-order valence-corrected chi connectivity index (χ3v) is 17.0. The fourth-order valence-electron chi connectivity index (χ4n) is 11.6. The molecule has 12 aromatic rings. The molecule has 0 atom stereocenters. The first-order chi connectivity index (χ1) is 46.8. The highest BCUT2D eigenvalue weighted by Gasteiger charge is 2.34. The van der Waals surface area contributed by atoms with Crippen molar-refractivity contribution >= 4 is 39.2 Å². The van der Waals surface area contributed by atoms with Crippen LogP contribution in [0, 0.1) is 46.3 Å². The van der Waals surface area contributed by atoms with Crippen molar-refractivity contribution < 1.29 is 77.8 Å².